The van der Waals surface area contributed by atoms with Crippen LogP contribution in [0.1, 0.15) is 10.5 Å². The summed E-state index contributed by atoms with van der Waals surface area (Å²) in [7, 11) is 1.18. The van der Waals surface area contributed by atoms with Gasteiger partial charge in [-0.1, -0.05) is 0 Å². The molecule has 0 aliphatic rings. The van der Waals surface area contributed by atoms with Crippen LogP contribution in [-0.4, -0.2) is 29.0 Å². The molecule has 2 rings (SSSR count). The number of esters is 1. The summed E-state index contributed by atoms with van der Waals surface area (Å²) in [4.78, 5) is 15.2. The molecule has 0 spiro atoms. The molecule has 1 aromatic carbocycles. The van der Waals surface area contributed by atoms with Crippen LogP contribution < -0.4 is 10.5 Å². The average molecular weight is 301 g/mol. The molecule has 9 heteroatoms. The van der Waals surface area contributed by atoms with Gasteiger partial charge in [0.1, 0.15) is 17.9 Å². The highest BCUT2D eigenvalue weighted by atomic mass is 19.4. The zero-order valence-electron chi connectivity index (χ0n) is 10.7. The van der Waals surface area contributed by atoms with Gasteiger partial charge in [0.2, 0.25) is 0 Å². The van der Waals surface area contributed by atoms with Crippen molar-refractivity contribution in [1.29, 1.82) is 0 Å². The third-order valence-electron chi connectivity index (χ3n) is 2.53. The minimum absolute atomic E-state index is 0.0198. The van der Waals surface area contributed by atoms with Crippen LogP contribution in [0.4, 0.5) is 19.0 Å². The van der Waals surface area contributed by atoms with Crippen molar-refractivity contribution < 1.29 is 27.4 Å². The molecule has 0 bridgehead atoms. The lowest BCUT2D eigenvalue weighted by Gasteiger charge is -2.10. The molecule has 6 nitrogen and oxygen atoms in total. The van der Waals surface area contributed by atoms with Crippen molar-refractivity contribution in [2.45, 2.75) is 6.36 Å². The number of methoxy groups -OCH3 is 1. The first-order chi connectivity index (χ1) is 9.81. The number of nitrogens with zero attached hydrogens (tertiary/aromatic N) is 2. The lowest BCUT2D eigenvalue weighted by Crippen LogP contribution is -2.17. The van der Waals surface area contributed by atoms with Gasteiger partial charge in [-0.15, -0.1) is 13.2 Å². The minimum atomic E-state index is -4.76. The van der Waals surface area contributed by atoms with Gasteiger partial charge in [-0.3, -0.25) is 4.57 Å². The highest BCUT2D eigenvalue weighted by molar-refractivity contribution is 5.92. The fourth-order valence-electron chi connectivity index (χ4n) is 1.63. The Morgan fingerprint density at radius 2 is 1.90 bits per heavy atom. The smallest absolute Gasteiger partial charge is 0.464 e. The van der Waals surface area contributed by atoms with Crippen LogP contribution in [0.5, 0.6) is 5.75 Å². The van der Waals surface area contributed by atoms with E-state index in [1.165, 1.54) is 30.1 Å². The zero-order valence-corrected chi connectivity index (χ0v) is 10.7. The van der Waals surface area contributed by atoms with Gasteiger partial charge in [-0.05, 0) is 24.3 Å². The Balaban J connectivity index is 2.27. The van der Waals surface area contributed by atoms with Crippen LogP contribution in [0, 0.1) is 0 Å². The van der Waals surface area contributed by atoms with E-state index in [1.807, 2.05) is 0 Å². The summed E-state index contributed by atoms with van der Waals surface area (Å²) in [6.45, 7) is 0. The van der Waals surface area contributed by atoms with Crippen LogP contribution in [0.25, 0.3) is 5.69 Å². The van der Waals surface area contributed by atoms with Crippen molar-refractivity contribution in [1.82, 2.24) is 9.55 Å². The second-order valence-corrected chi connectivity index (χ2v) is 3.88. The second kappa shape index (κ2) is 5.35. The molecule has 21 heavy (non-hydrogen) atoms. The largest absolute Gasteiger partial charge is 0.573 e. The minimum Gasteiger partial charge on any atom is -0.464 e. The van der Waals surface area contributed by atoms with E-state index in [0.717, 1.165) is 12.1 Å². The Morgan fingerprint density at radius 3 is 2.43 bits per heavy atom. The van der Waals surface area contributed by atoms with Gasteiger partial charge in [0.05, 0.1) is 7.11 Å². The number of carbonyl (C=O) groups is 1. The van der Waals surface area contributed by atoms with E-state index in [2.05, 4.69) is 14.5 Å². The molecule has 1 heterocycles. The second-order valence-electron chi connectivity index (χ2n) is 3.88. The van der Waals surface area contributed by atoms with Gasteiger partial charge < -0.3 is 15.2 Å². The van der Waals surface area contributed by atoms with Crippen molar-refractivity contribution in [3.63, 3.8) is 0 Å². The van der Waals surface area contributed by atoms with E-state index in [4.69, 9.17) is 5.73 Å². The molecule has 0 fully saturated rings. The van der Waals surface area contributed by atoms with Crippen LogP contribution in [0.2, 0.25) is 0 Å². The summed E-state index contributed by atoms with van der Waals surface area (Å²) in [5.74, 6) is -1.05. The normalized spacial score (nSPS) is 11.2. The van der Waals surface area contributed by atoms with Gasteiger partial charge in [0.25, 0.3) is 0 Å². The Hall–Kier alpha value is -2.71. The molecule has 1 aromatic heterocycles. The van der Waals surface area contributed by atoms with Gasteiger partial charge in [0.15, 0.2) is 5.69 Å². The molecule has 2 N–H and O–H groups in total. The summed E-state index contributed by atoms with van der Waals surface area (Å²) in [6, 6.07) is 4.94. The number of imidazole rings is 1. The number of nitrogen functional groups attached to an aromatic ring is 1. The van der Waals surface area contributed by atoms with Gasteiger partial charge in [-0.2, -0.15) is 0 Å². The molecule has 0 saturated carbocycles. The van der Waals surface area contributed by atoms with Gasteiger partial charge >= 0.3 is 12.3 Å². The number of halogens is 3. The summed E-state index contributed by atoms with van der Waals surface area (Å²) in [5, 5.41) is 0. The summed E-state index contributed by atoms with van der Waals surface area (Å²) in [5.41, 5.74) is 6.09. The molecule has 2 aromatic rings. The van der Waals surface area contributed by atoms with Crippen LogP contribution >= 0.6 is 0 Å². The lowest BCUT2D eigenvalue weighted by atomic mass is 10.3. The Morgan fingerprint density at radius 1 is 1.29 bits per heavy atom. The fourth-order valence-corrected chi connectivity index (χ4v) is 1.63. The number of anilines is 1. The number of ether oxygens (including phenoxy) is 2. The van der Waals surface area contributed by atoms with Crippen molar-refractivity contribution in [2.75, 3.05) is 12.8 Å². The number of carbonyl (C=O) groups excluding carboxylic acids is 1. The predicted octanol–water partition coefficient (Wildman–Crippen LogP) is 2.14. The first-order valence-corrected chi connectivity index (χ1v) is 5.59. The number of rotatable bonds is 3. The summed E-state index contributed by atoms with van der Waals surface area (Å²) < 4.78 is 45.7. The first-order valence-electron chi connectivity index (χ1n) is 5.59. The van der Waals surface area contributed by atoms with E-state index < -0.39 is 12.3 Å². The molecule has 0 aliphatic heterocycles. The number of aromatic nitrogens is 2. The third kappa shape index (κ3) is 3.25. The maximum atomic E-state index is 12.1. The maximum absolute atomic E-state index is 12.1. The molecule has 0 saturated heterocycles. The van der Waals surface area contributed by atoms with Crippen molar-refractivity contribution in [2.24, 2.45) is 0 Å². The van der Waals surface area contributed by atoms with Crippen molar-refractivity contribution in [3.05, 3.63) is 36.3 Å². The third-order valence-corrected chi connectivity index (χ3v) is 2.53. The molecule has 0 atom stereocenters. The Labute approximate surface area is 116 Å². The van der Waals surface area contributed by atoms with Gasteiger partial charge in [-0.25, -0.2) is 9.78 Å². The molecular formula is C12H10F3N3O3. The van der Waals surface area contributed by atoms with E-state index in [1.54, 1.807) is 0 Å². The fraction of sp³-hybridized carbons (Fsp3) is 0.167. The number of benzene rings is 1. The molecule has 0 radical (unpaired) electrons. The van der Waals surface area contributed by atoms with Crippen LogP contribution in [0.3, 0.4) is 0 Å². The summed E-state index contributed by atoms with van der Waals surface area (Å²) in [6.07, 6.45) is -3.49. The zero-order chi connectivity index (χ0) is 15.6. The quantitative estimate of drug-likeness (QED) is 0.879. The van der Waals surface area contributed by atoms with Gasteiger partial charge in [0, 0.05) is 5.69 Å². The predicted molar refractivity (Wildman–Crippen MR) is 66.0 cm³/mol. The van der Waals surface area contributed by atoms with Crippen LogP contribution in [0.15, 0.2) is 30.6 Å². The highest BCUT2D eigenvalue weighted by Gasteiger charge is 2.31. The van der Waals surface area contributed by atoms with E-state index in [-0.39, 0.29) is 17.3 Å². The highest BCUT2D eigenvalue weighted by Crippen LogP contribution is 2.25. The number of hydrogen-bond donors (Lipinski definition) is 1. The molecule has 0 aliphatic carbocycles. The average Bonchev–Trinajstić information content (AvgIpc) is 2.79. The molecule has 0 unspecified atom stereocenters. The van der Waals surface area contributed by atoms with Crippen LogP contribution in [-0.2, 0) is 4.74 Å². The standard InChI is InChI=1S/C12H10F3N3O3/c1-20-11(19)9-10(16)18(6-17-9)7-2-4-8(5-3-7)21-12(13,14)15/h2-6H,16H2,1H3. The topological polar surface area (TPSA) is 79.4 Å². The lowest BCUT2D eigenvalue weighted by molar-refractivity contribution is -0.274. The van der Waals surface area contributed by atoms with E-state index in [0.29, 0.717) is 5.69 Å². The first kappa shape index (κ1) is 14.7. The van der Waals surface area contributed by atoms with E-state index in [9.17, 15) is 18.0 Å². The molecule has 0 amide bonds. The molecular weight excluding hydrogens is 291 g/mol. The summed E-state index contributed by atoms with van der Waals surface area (Å²) >= 11 is 0. The molecule has 112 valence electrons. The number of nitrogens with two attached hydrogens (primary N) is 1. The monoisotopic (exact) mass is 301 g/mol. The Bertz CT molecular complexity index is 650. The van der Waals surface area contributed by atoms with Crippen molar-refractivity contribution in [3.8, 4) is 11.4 Å². The Kier molecular flexibility index (Phi) is 3.74. The van der Waals surface area contributed by atoms with E-state index >= 15 is 0 Å². The SMILES string of the molecule is COC(=O)c1ncn(-c2ccc(OC(F)(F)F)cc2)c1N. The van der Waals surface area contributed by atoms with Crippen molar-refractivity contribution >= 4 is 11.8 Å². The number of hydrogen-bond acceptors (Lipinski definition) is 5. The maximum Gasteiger partial charge on any atom is 0.573 e. The number of alkyl halides is 3.